The number of hydrogen-bond acceptors (Lipinski definition) is 2. The van der Waals surface area contributed by atoms with Crippen LogP contribution < -0.4 is 5.32 Å². The maximum atomic E-state index is 3.84. The van der Waals surface area contributed by atoms with Crippen LogP contribution in [-0.2, 0) is 16.2 Å². The highest BCUT2D eigenvalue weighted by molar-refractivity contribution is 7.25. The fourth-order valence-corrected chi connectivity index (χ4v) is 9.25. The van der Waals surface area contributed by atoms with Crippen LogP contribution in [0, 0.1) is 0 Å². The van der Waals surface area contributed by atoms with Gasteiger partial charge in [-0.3, -0.25) is 0 Å². The maximum Gasteiger partial charge on any atom is 0.0726 e. The van der Waals surface area contributed by atoms with Gasteiger partial charge in [0.25, 0.3) is 0 Å². The van der Waals surface area contributed by atoms with E-state index in [0.717, 1.165) is 11.4 Å². The number of nitrogens with one attached hydrogen (secondary N) is 1. The van der Waals surface area contributed by atoms with E-state index in [4.69, 9.17) is 0 Å². The van der Waals surface area contributed by atoms with Crippen molar-refractivity contribution in [2.45, 2.75) is 57.8 Å². The second-order valence-corrected chi connectivity index (χ2v) is 16.6. The van der Waals surface area contributed by atoms with Crippen molar-refractivity contribution in [2.24, 2.45) is 0 Å². The van der Waals surface area contributed by atoms with Crippen LogP contribution >= 0.6 is 11.3 Å². The van der Waals surface area contributed by atoms with Gasteiger partial charge in [-0.2, -0.15) is 0 Å². The summed E-state index contributed by atoms with van der Waals surface area (Å²) in [5.41, 5.74) is 15.6. The van der Waals surface area contributed by atoms with E-state index in [0.29, 0.717) is 0 Å². The second-order valence-electron chi connectivity index (χ2n) is 15.5. The fraction of sp³-hybridized carbons (Fsp3) is 0.200. The first-order valence-corrected chi connectivity index (χ1v) is 17.6. The first-order valence-electron chi connectivity index (χ1n) is 16.8. The van der Waals surface area contributed by atoms with Crippen molar-refractivity contribution < 1.29 is 0 Å². The second kappa shape index (κ2) is 9.69. The third kappa shape index (κ3) is 4.07. The summed E-state index contributed by atoms with van der Waals surface area (Å²) in [6, 6.07) is 46.2. The molecule has 1 aromatic heterocycles. The number of fused-ring (bicyclic) bond motifs is 13. The lowest BCUT2D eigenvalue weighted by Crippen LogP contribution is -2.27. The summed E-state index contributed by atoms with van der Waals surface area (Å²) in [4.78, 5) is 0. The number of thiophene rings is 1. The van der Waals surface area contributed by atoms with Crippen molar-refractivity contribution in [1.29, 1.82) is 0 Å². The fourth-order valence-electron chi connectivity index (χ4n) is 8.16. The average Bonchev–Trinajstić information content (AvgIpc) is 3.67. The summed E-state index contributed by atoms with van der Waals surface area (Å²) in [5.74, 6) is 0. The maximum absolute atomic E-state index is 3.84. The summed E-state index contributed by atoms with van der Waals surface area (Å²) >= 11 is 1.86. The molecule has 0 saturated carbocycles. The summed E-state index contributed by atoms with van der Waals surface area (Å²) < 4.78 is 2.66. The summed E-state index contributed by atoms with van der Waals surface area (Å²) in [6.45, 7) is 14.0. The van der Waals surface area contributed by atoms with Gasteiger partial charge in [-0.25, -0.2) is 0 Å². The first-order chi connectivity index (χ1) is 22.5. The molecule has 0 bridgehead atoms. The van der Waals surface area contributed by atoms with Crippen LogP contribution in [0.2, 0.25) is 0 Å². The van der Waals surface area contributed by atoms with E-state index in [1.807, 2.05) is 11.3 Å². The minimum atomic E-state index is -0.398. The molecule has 1 heterocycles. The standard InChI is InChI=1S/C45H39NS/c1-43(2,3)27-15-19-32-33-20-16-28(44(4,5)6)24-39(33)45(38(32)23-27)37-13-9-7-11-31(37)34-21-17-30(26-40(34)45)46-29-18-22-42-36(25-29)35-12-8-10-14-41(35)47-42/h7-26,46H,1-6H3. The predicted octanol–water partition coefficient (Wildman–Crippen LogP) is 12.7. The van der Waals surface area contributed by atoms with E-state index in [-0.39, 0.29) is 10.8 Å². The molecular formula is C45H39NS. The Morgan fingerprint density at radius 3 is 1.64 bits per heavy atom. The van der Waals surface area contributed by atoms with Crippen LogP contribution in [0.3, 0.4) is 0 Å². The molecule has 2 heteroatoms. The minimum Gasteiger partial charge on any atom is -0.355 e. The zero-order valence-electron chi connectivity index (χ0n) is 28.0. The Labute approximate surface area is 281 Å². The van der Waals surface area contributed by atoms with E-state index < -0.39 is 5.41 Å². The molecule has 1 spiro atoms. The van der Waals surface area contributed by atoms with Crippen molar-refractivity contribution in [2.75, 3.05) is 5.32 Å². The van der Waals surface area contributed by atoms with Crippen LogP contribution in [0.15, 0.2) is 121 Å². The summed E-state index contributed by atoms with van der Waals surface area (Å²) in [6.07, 6.45) is 0. The lowest BCUT2D eigenvalue weighted by molar-refractivity contribution is 0.586. The van der Waals surface area contributed by atoms with Gasteiger partial charge >= 0.3 is 0 Å². The topological polar surface area (TPSA) is 12.0 Å². The molecule has 0 fully saturated rings. The molecule has 0 atom stereocenters. The Morgan fingerprint density at radius 1 is 0.447 bits per heavy atom. The molecule has 7 aromatic rings. The third-order valence-electron chi connectivity index (χ3n) is 10.6. The highest BCUT2D eigenvalue weighted by atomic mass is 32.1. The van der Waals surface area contributed by atoms with Gasteiger partial charge in [0.1, 0.15) is 0 Å². The van der Waals surface area contributed by atoms with Crippen LogP contribution in [0.25, 0.3) is 42.4 Å². The van der Waals surface area contributed by atoms with Crippen molar-refractivity contribution in [3.63, 3.8) is 0 Å². The highest BCUT2D eigenvalue weighted by Gasteiger charge is 2.52. The van der Waals surface area contributed by atoms with Crippen LogP contribution in [-0.4, -0.2) is 0 Å². The summed E-state index contributed by atoms with van der Waals surface area (Å²) in [7, 11) is 0. The largest absolute Gasteiger partial charge is 0.355 e. The molecule has 6 aromatic carbocycles. The van der Waals surface area contributed by atoms with Gasteiger partial charge < -0.3 is 5.32 Å². The van der Waals surface area contributed by atoms with E-state index >= 15 is 0 Å². The molecule has 0 aliphatic heterocycles. The number of benzene rings is 6. The number of anilines is 2. The Hall–Kier alpha value is -4.66. The quantitative estimate of drug-likeness (QED) is 0.201. The number of hydrogen-bond donors (Lipinski definition) is 1. The van der Waals surface area contributed by atoms with Crippen molar-refractivity contribution in [3.8, 4) is 22.3 Å². The van der Waals surface area contributed by atoms with E-state index in [1.54, 1.807) is 0 Å². The van der Waals surface area contributed by atoms with Crippen LogP contribution in [0.1, 0.15) is 74.9 Å². The molecular weight excluding hydrogens is 587 g/mol. The zero-order valence-corrected chi connectivity index (χ0v) is 28.8. The van der Waals surface area contributed by atoms with Gasteiger partial charge in [0.15, 0.2) is 0 Å². The Morgan fingerprint density at radius 2 is 0.957 bits per heavy atom. The highest BCUT2D eigenvalue weighted by Crippen LogP contribution is 2.63. The molecule has 2 aliphatic rings. The van der Waals surface area contributed by atoms with Crippen molar-refractivity contribution >= 4 is 42.9 Å². The zero-order chi connectivity index (χ0) is 32.3. The normalized spacial score (nSPS) is 14.3. The SMILES string of the molecule is CC(C)(C)c1ccc2c(c1)C1(c3ccccc3-c3ccc(Nc4ccc5sc6ccccc6c5c4)cc31)c1cc(C(C)(C)C)ccc1-2. The van der Waals surface area contributed by atoms with E-state index in [1.165, 1.54) is 75.8 Å². The van der Waals surface area contributed by atoms with Gasteiger partial charge in [0, 0.05) is 31.5 Å². The van der Waals surface area contributed by atoms with Gasteiger partial charge in [0.05, 0.1) is 5.41 Å². The molecule has 230 valence electrons. The Balaban J connectivity index is 1.29. The predicted molar refractivity (Wildman–Crippen MR) is 203 cm³/mol. The third-order valence-corrected chi connectivity index (χ3v) is 11.7. The molecule has 1 N–H and O–H groups in total. The molecule has 9 rings (SSSR count). The van der Waals surface area contributed by atoms with E-state index in [9.17, 15) is 0 Å². The Bertz CT molecular complexity index is 2350. The Kier molecular flexibility index (Phi) is 5.88. The monoisotopic (exact) mass is 625 g/mol. The summed E-state index contributed by atoms with van der Waals surface area (Å²) in [5, 5.41) is 6.47. The molecule has 47 heavy (non-hydrogen) atoms. The van der Waals surface area contributed by atoms with Gasteiger partial charge in [-0.05, 0) is 103 Å². The van der Waals surface area contributed by atoms with Crippen molar-refractivity contribution in [1.82, 2.24) is 0 Å². The first kappa shape index (κ1) is 28.6. The number of rotatable bonds is 2. The molecule has 1 nitrogen and oxygen atoms in total. The smallest absolute Gasteiger partial charge is 0.0726 e. The van der Waals surface area contributed by atoms with Crippen LogP contribution in [0.4, 0.5) is 11.4 Å². The van der Waals surface area contributed by atoms with Gasteiger partial charge in [-0.15, -0.1) is 11.3 Å². The molecule has 0 amide bonds. The average molecular weight is 626 g/mol. The van der Waals surface area contributed by atoms with Gasteiger partial charge in [0.2, 0.25) is 0 Å². The minimum absolute atomic E-state index is 0.0381. The molecule has 0 radical (unpaired) electrons. The van der Waals surface area contributed by atoms with Crippen molar-refractivity contribution in [3.05, 3.63) is 155 Å². The van der Waals surface area contributed by atoms with Crippen LogP contribution in [0.5, 0.6) is 0 Å². The molecule has 0 unspecified atom stereocenters. The molecule has 2 aliphatic carbocycles. The van der Waals surface area contributed by atoms with Gasteiger partial charge in [-0.1, -0.05) is 126 Å². The van der Waals surface area contributed by atoms with E-state index in [2.05, 4.69) is 168 Å². The lowest BCUT2D eigenvalue weighted by Gasteiger charge is -2.33. The molecule has 0 saturated heterocycles. The lowest BCUT2D eigenvalue weighted by atomic mass is 9.68.